The molecule has 1 heterocycles. The number of aliphatic hydroxyl groups excluding tert-OH is 1. The number of pyridine rings is 1. The van der Waals surface area contributed by atoms with Crippen LogP contribution < -0.4 is 10.9 Å². The molecule has 7 nitrogen and oxygen atoms in total. The van der Waals surface area contributed by atoms with Crippen LogP contribution >= 0.6 is 0 Å². The Bertz CT molecular complexity index is 581. The summed E-state index contributed by atoms with van der Waals surface area (Å²) in [5.74, 6) is -2.69. The Morgan fingerprint density at radius 2 is 1.95 bits per heavy atom. The molecule has 110 valence electrons. The average molecular weight is 294 g/mol. The van der Waals surface area contributed by atoms with Crippen molar-refractivity contribution in [2.24, 2.45) is 0 Å². The lowest BCUT2D eigenvalue weighted by atomic mass is 10.2. The monoisotopic (exact) mass is 294 g/mol. The van der Waals surface area contributed by atoms with Crippen LogP contribution in [0.1, 0.15) is 16.1 Å². The molecule has 10 heteroatoms. The van der Waals surface area contributed by atoms with E-state index in [4.69, 9.17) is 10.2 Å². The SMILES string of the molecule is O=C(NC[C@H](O)C(=O)O)c1ccc(C(F)(F)F)[nH]c1=O. The van der Waals surface area contributed by atoms with Crippen LogP contribution in [-0.4, -0.2) is 39.7 Å². The summed E-state index contributed by atoms with van der Waals surface area (Å²) in [6, 6.07) is 1.16. The molecule has 0 radical (unpaired) electrons. The molecule has 1 amide bonds. The second kappa shape index (κ2) is 5.74. The van der Waals surface area contributed by atoms with Gasteiger partial charge in [0.2, 0.25) is 0 Å². The van der Waals surface area contributed by atoms with Crippen molar-refractivity contribution in [1.29, 1.82) is 0 Å². The second-order valence-electron chi connectivity index (χ2n) is 3.68. The fourth-order valence-electron chi connectivity index (χ4n) is 1.19. The van der Waals surface area contributed by atoms with Crippen LogP contribution in [0.15, 0.2) is 16.9 Å². The quantitative estimate of drug-likeness (QED) is 0.600. The van der Waals surface area contributed by atoms with E-state index in [2.05, 4.69) is 0 Å². The first-order chi connectivity index (χ1) is 9.12. The summed E-state index contributed by atoms with van der Waals surface area (Å²) in [7, 11) is 0. The number of aliphatic carboxylic acids is 1. The number of hydrogen-bond donors (Lipinski definition) is 4. The molecule has 0 aliphatic rings. The maximum atomic E-state index is 12.3. The third kappa shape index (κ3) is 3.82. The number of nitrogens with one attached hydrogen (secondary N) is 2. The van der Waals surface area contributed by atoms with E-state index in [1.165, 1.54) is 4.98 Å². The number of carboxylic acid groups (broad SMARTS) is 1. The van der Waals surface area contributed by atoms with Crippen molar-refractivity contribution in [1.82, 2.24) is 10.3 Å². The maximum Gasteiger partial charge on any atom is 0.431 e. The minimum atomic E-state index is -4.76. The number of carbonyl (C=O) groups excluding carboxylic acids is 1. The van der Waals surface area contributed by atoms with Crippen molar-refractivity contribution in [3.63, 3.8) is 0 Å². The number of H-pyrrole nitrogens is 1. The number of aromatic amines is 1. The first-order valence-electron chi connectivity index (χ1n) is 5.12. The van der Waals surface area contributed by atoms with E-state index in [0.717, 1.165) is 0 Å². The lowest BCUT2D eigenvalue weighted by Gasteiger charge is -2.09. The smallest absolute Gasteiger partial charge is 0.431 e. The van der Waals surface area contributed by atoms with Gasteiger partial charge in [-0.1, -0.05) is 0 Å². The fourth-order valence-corrected chi connectivity index (χ4v) is 1.19. The lowest BCUT2D eigenvalue weighted by Crippen LogP contribution is -2.38. The minimum absolute atomic E-state index is 0.504. The van der Waals surface area contributed by atoms with E-state index in [0.29, 0.717) is 12.1 Å². The Morgan fingerprint density at radius 3 is 2.40 bits per heavy atom. The van der Waals surface area contributed by atoms with Gasteiger partial charge in [0.15, 0.2) is 6.10 Å². The standard InChI is InChI=1S/C10H9F3N2O5/c11-10(12,13)6-2-1-4(8(18)15-6)7(17)14-3-5(16)9(19)20/h1-2,5,16H,3H2,(H,14,17)(H,15,18)(H,19,20)/t5-/m0/s1. The lowest BCUT2D eigenvalue weighted by molar-refractivity contribution is -0.146. The summed E-state index contributed by atoms with van der Waals surface area (Å²) in [6.45, 7) is -0.686. The largest absolute Gasteiger partial charge is 0.479 e. The van der Waals surface area contributed by atoms with Gasteiger partial charge in [-0.25, -0.2) is 4.79 Å². The van der Waals surface area contributed by atoms with Gasteiger partial charge in [0.05, 0.1) is 6.54 Å². The van der Waals surface area contributed by atoms with Gasteiger partial charge in [-0.2, -0.15) is 13.2 Å². The average Bonchev–Trinajstić information content (AvgIpc) is 2.34. The van der Waals surface area contributed by atoms with Crippen molar-refractivity contribution in [2.75, 3.05) is 6.54 Å². The van der Waals surface area contributed by atoms with Crippen LogP contribution in [0.2, 0.25) is 0 Å². The molecule has 1 aromatic heterocycles. The van der Waals surface area contributed by atoms with E-state index in [1.807, 2.05) is 5.32 Å². The molecule has 0 aliphatic heterocycles. The van der Waals surface area contributed by atoms with Crippen LogP contribution in [0.4, 0.5) is 13.2 Å². The van der Waals surface area contributed by atoms with Gasteiger partial charge in [-0.3, -0.25) is 9.59 Å². The molecule has 0 spiro atoms. The van der Waals surface area contributed by atoms with Gasteiger partial charge < -0.3 is 20.5 Å². The molecule has 0 fully saturated rings. The van der Waals surface area contributed by atoms with Crippen LogP contribution in [0, 0.1) is 0 Å². The molecule has 1 atom stereocenters. The van der Waals surface area contributed by atoms with E-state index < -0.39 is 47.5 Å². The fraction of sp³-hybridized carbons (Fsp3) is 0.300. The Labute approximate surface area is 109 Å². The third-order valence-corrected chi connectivity index (χ3v) is 2.20. The highest BCUT2D eigenvalue weighted by Gasteiger charge is 2.32. The Balaban J connectivity index is 2.85. The third-order valence-electron chi connectivity index (χ3n) is 2.20. The van der Waals surface area contributed by atoms with Gasteiger partial charge >= 0.3 is 12.1 Å². The Morgan fingerprint density at radius 1 is 1.35 bits per heavy atom. The molecule has 1 rings (SSSR count). The van der Waals surface area contributed by atoms with E-state index >= 15 is 0 Å². The van der Waals surface area contributed by atoms with Crippen molar-refractivity contribution in [3.8, 4) is 0 Å². The number of hydrogen-bond acceptors (Lipinski definition) is 4. The van der Waals surface area contributed by atoms with Gasteiger partial charge in [-0.05, 0) is 12.1 Å². The first-order valence-corrected chi connectivity index (χ1v) is 5.12. The molecular formula is C10H9F3N2O5. The van der Waals surface area contributed by atoms with Crippen molar-refractivity contribution >= 4 is 11.9 Å². The van der Waals surface area contributed by atoms with Crippen molar-refractivity contribution in [3.05, 3.63) is 33.7 Å². The normalized spacial score (nSPS) is 12.8. The number of amides is 1. The number of aromatic nitrogens is 1. The minimum Gasteiger partial charge on any atom is -0.479 e. The molecule has 1 aromatic rings. The number of halogens is 3. The summed E-state index contributed by atoms with van der Waals surface area (Å²) in [5.41, 5.74) is -3.22. The molecule has 0 saturated carbocycles. The van der Waals surface area contributed by atoms with E-state index in [-0.39, 0.29) is 0 Å². The predicted molar refractivity (Wildman–Crippen MR) is 58.0 cm³/mol. The van der Waals surface area contributed by atoms with Gasteiger partial charge in [-0.15, -0.1) is 0 Å². The first kappa shape index (κ1) is 15.7. The highest BCUT2D eigenvalue weighted by atomic mass is 19.4. The molecule has 0 aromatic carbocycles. The summed E-state index contributed by atoms with van der Waals surface area (Å²) in [4.78, 5) is 34.5. The maximum absolute atomic E-state index is 12.3. The summed E-state index contributed by atoms with van der Waals surface area (Å²) in [6.07, 6.45) is -6.64. The molecule has 0 bridgehead atoms. The number of rotatable bonds is 4. The number of alkyl halides is 3. The zero-order valence-corrected chi connectivity index (χ0v) is 9.69. The molecule has 0 saturated heterocycles. The highest BCUT2D eigenvalue weighted by Crippen LogP contribution is 2.26. The summed E-state index contributed by atoms with van der Waals surface area (Å²) >= 11 is 0. The zero-order chi connectivity index (χ0) is 15.5. The van der Waals surface area contributed by atoms with E-state index in [1.54, 1.807) is 0 Å². The topological polar surface area (TPSA) is 119 Å². The summed E-state index contributed by atoms with van der Waals surface area (Å²) < 4.78 is 36.8. The predicted octanol–water partition coefficient (Wildman–Crippen LogP) is -0.431. The highest BCUT2D eigenvalue weighted by molar-refractivity contribution is 5.94. The van der Waals surface area contributed by atoms with E-state index in [9.17, 15) is 27.6 Å². The Kier molecular flexibility index (Phi) is 4.50. The molecule has 4 N–H and O–H groups in total. The van der Waals surface area contributed by atoms with Gasteiger partial charge in [0.1, 0.15) is 11.3 Å². The van der Waals surface area contributed by atoms with Crippen LogP contribution in [-0.2, 0) is 11.0 Å². The van der Waals surface area contributed by atoms with Crippen LogP contribution in [0.5, 0.6) is 0 Å². The van der Waals surface area contributed by atoms with Crippen molar-refractivity contribution < 1.29 is 33.0 Å². The summed E-state index contributed by atoms with van der Waals surface area (Å²) in [5, 5.41) is 19.2. The van der Waals surface area contributed by atoms with Gasteiger partial charge in [0.25, 0.3) is 11.5 Å². The number of carbonyl (C=O) groups is 2. The number of aliphatic hydroxyl groups is 1. The molecule has 0 aliphatic carbocycles. The molecule has 0 unspecified atom stereocenters. The number of carboxylic acids is 1. The van der Waals surface area contributed by atoms with Crippen LogP contribution in [0.25, 0.3) is 0 Å². The molecule has 20 heavy (non-hydrogen) atoms. The second-order valence-corrected chi connectivity index (χ2v) is 3.68. The van der Waals surface area contributed by atoms with Gasteiger partial charge in [0, 0.05) is 0 Å². The van der Waals surface area contributed by atoms with Crippen molar-refractivity contribution in [2.45, 2.75) is 12.3 Å². The van der Waals surface area contributed by atoms with Crippen LogP contribution in [0.3, 0.4) is 0 Å². The Hall–Kier alpha value is -2.36. The zero-order valence-electron chi connectivity index (χ0n) is 9.69. The molecular weight excluding hydrogens is 285 g/mol.